The van der Waals surface area contributed by atoms with E-state index < -0.39 is 0 Å². The summed E-state index contributed by atoms with van der Waals surface area (Å²) < 4.78 is 0.855. The summed E-state index contributed by atoms with van der Waals surface area (Å²) in [6, 6.07) is 5.29. The number of likely N-dealkylation sites (N-methyl/N-ethyl adjacent to an activating group) is 1. The SMILES string of the molecule is CCNC(=O)CN1CCN(C(=O)c2ccc(Br)cc2N)CC1. The normalized spacial score (nSPS) is 15.6. The molecule has 22 heavy (non-hydrogen) atoms. The van der Waals surface area contributed by atoms with E-state index in [1.54, 1.807) is 17.0 Å². The Hall–Kier alpha value is -1.60. The third-order valence-electron chi connectivity index (χ3n) is 3.64. The number of nitrogens with two attached hydrogens (primary N) is 1. The molecule has 0 aromatic heterocycles. The molecule has 0 spiro atoms. The summed E-state index contributed by atoms with van der Waals surface area (Å²) in [5.41, 5.74) is 6.92. The molecule has 2 amide bonds. The number of amides is 2. The molecule has 1 heterocycles. The number of carbonyl (C=O) groups is 2. The van der Waals surface area contributed by atoms with Gasteiger partial charge in [-0.1, -0.05) is 15.9 Å². The molecule has 0 aliphatic carbocycles. The van der Waals surface area contributed by atoms with E-state index in [-0.39, 0.29) is 11.8 Å². The molecule has 120 valence electrons. The molecular formula is C15H21BrN4O2. The van der Waals surface area contributed by atoms with Gasteiger partial charge in [0.1, 0.15) is 0 Å². The van der Waals surface area contributed by atoms with Gasteiger partial charge in [0.15, 0.2) is 0 Å². The highest BCUT2D eigenvalue weighted by molar-refractivity contribution is 9.10. The molecule has 0 atom stereocenters. The zero-order valence-electron chi connectivity index (χ0n) is 12.6. The summed E-state index contributed by atoms with van der Waals surface area (Å²) in [4.78, 5) is 27.9. The number of hydrogen-bond acceptors (Lipinski definition) is 4. The molecule has 0 unspecified atom stereocenters. The van der Waals surface area contributed by atoms with Gasteiger partial charge in [0.2, 0.25) is 5.91 Å². The number of rotatable bonds is 4. The number of anilines is 1. The third kappa shape index (κ3) is 4.20. The van der Waals surface area contributed by atoms with Crippen molar-refractivity contribution in [2.24, 2.45) is 0 Å². The van der Waals surface area contributed by atoms with Gasteiger partial charge in [0.05, 0.1) is 12.1 Å². The molecular weight excluding hydrogens is 348 g/mol. The van der Waals surface area contributed by atoms with Gasteiger partial charge < -0.3 is 16.0 Å². The molecule has 3 N–H and O–H groups in total. The maximum atomic E-state index is 12.5. The fourth-order valence-electron chi connectivity index (χ4n) is 2.46. The van der Waals surface area contributed by atoms with E-state index in [4.69, 9.17) is 5.73 Å². The Kier molecular flexibility index (Phi) is 5.79. The van der Waals surface area contributed by atoms with E-state index in [2.05, 4.69) is 26.1 Å². The second kappa shape index (κ2) is 7.60. The van der Waals surface area contributed by atoms with E-state index >= 15 is 0 Å². The van der Waals surface area contributed by atoms with Crippen molar-refractivity contribution in [3.63, 3.8) is 0 Å². The lowest BCUT2D eigenvalue weighted by Gasteiger charge is -2.34. The summed E-state index contributed by atoms with van der Waals surface area (Å²) in [5.74, 6) is -0.0258. The molecule has 1 aromatic rings. The van der Waals surface area contributed by atoms with Gasteiger partial charge in [-0.3, -0.25) is 14.5 Å². The van der Waals surface area contributed by atoms with Gasteiger partial charge in [0, 0.05) is 42.9 Å². The van der Waals surface area contributed by atoms with Crippen molar-refractivity contribution in [1.29, 1.82) is 0 Å². The zero-order chi connectivity index (χ0) is 16.1. The topological polar surface area (TPSA) is 78.7 Å². The molecule has 1 aliphatic heterocycles. The van der Waals surface area contributed by atoms with E-state index in [1.807, 2.05) is 13.0 Å². The second-order valence-electron chi connectivity index (χ2n) is 5.25. The van der Waals surface area contributed by atoms with Gasteiger partial charge >= 0.3 is 0 Å². The van der Waals surface area contributed by atoms with Crippen LogP contribution in [0.15, 0.2) is 22.7 Å². The van der Waals surface area contributed by atoms with Crippen molar-refractivity contribution < 1.29 is 9.59 Å². The van der Waals surface area contributed by atoms with Crippen molar-refractivity contribution in [2.45, 2.75) is 6.92 Å². The number of nitrogens with one attached hydrogen (secondary N) is 1. The average molecular weight is 369 g/mol. The highest BCUT2D eigenvalue weighted by Gasteiger charge is 2.24. The van der Waals surface area contributed by atoms with Gasteiger partial charge in [-0.25, -0.2) is 0 Å². The van der Waals surface area contributed by atoms with Gasteiger partial charge in [-0.2, -0.15) is 0 Å². The molecule has 0 bridgehead atoms. The lowest BCUT2D eigenvalue weighted by molar-refractivity contribution is -0.122. The molecule has 2 rings (SSSR count). The van der Waals surface area contributed by atoms with E-state index in [1.165, 1.54) is 0 Å². The maximum absolute atomic E-state index is 12.5. The molecule has 6 nitrogen and oxygen atoms in total. The van der Waals surface area contributed by atoms with Crippen LogP contribution in [-0.4, -0.2) is 60.9 Å². The number of carbonyl (C=O) groups excluding carboxylic acids is 2. The fraction of sp³-hybridized carbons (Fsp3) is 0.467. The van der Waals surface area contributed by atoms with Crippen LogP contribution >= 0.6 is 15.9 Å². The summed E-state index contributed by atoms with van der Waals surface area (Å²) in [6.45, 7) is 5.52. The molecule has 0 radical (unpaired) electrons. The molecule has 1 aromatic carbocycles. The van der Waals surface area contributed by atoms with E-state index in [0.717, 1.165) is 4.47 Å². The number of nitrogen functional groups attached to an aromatic ring is 1. The van der Waals surface area contributed by atoms with Crippen molar-refractivity contribution in [2.75, 3.05) is 45.0 Å². The first-order valence-electron chi connectivity index (χ1n) is 7.34. The molecule has 1 fully saturated rings. The molecule has 0 saturated carbocycles. The first-order chi connectivity index (χ1) is 10.5. The number of halogens is 1. The van der Waals surface area contributed by atoms with Crippen molar-refractivity contribution in [3.8, 4) is 0 Å². The highest BCUT2D eigenvalue weighted by Crippen LogP contribution is 2.20. The smallest absolute Gasteiger partial charge is 0.256 e. The summed E-state index contributed by atoms with van der Waals surface area (Å²) in [6.07, 6.45) is 0. The third-order valence-corrected chi connectivity index (χ3v) is 4.14. The quantitative estimate of drug-likeness (QED) is 0.774. The van der Waals surface area contributed by atoms with E-state index in [0.29, 0.717) is 50.5 Å². The van der Waals surface area contributed by atoms with Crippen LogP contribution in [0.5, 0.6) is 0 Å². The number of piperazine rings is 1. The van der Waals surface area contributed by atoms with Crippen LogP contribution in [0.25, 0.3) is 0 Å². The van der Waals surface area contributed by atoms with Crippen molar-refractivity contribution in [1.82, 2.24) is 15.1 Å². The van der Waals surface area contributed by atoms with Crippen LogP contribution in [0.3, 0.4) is 0 Å². The largest absolute Gasteiger partial charge is 0.398 e. The van der Waals surface area contributed by atoms with Crippen LogP contribution < -0.4 is 11.1 Å². The van der Waals surface area contributed by atoms with Gasteiger partial charge in [-0.15, -0.1) is 0 Å². The van der Waals surface area contributed by atoms with Gasteiger partial charge in [-0.05, 0) is 25.1 Å². The summed E-state index contributed by atoms with van der Waals surface area (Å²) in [7, 11) is 0. The molecule has 1 aliphatic rings. The predicted molar refractivity (Wildman–Crippen MR) is 89.6 cm³/mol. The molecule has 1 saturated heterocycles. The van der Waals surface area contributed by atoms with Crippen LogP contribution in [0.4, 0.5) is 5.69 Å². The minimum Gasteiger partial charge on any atom is -0.398 e. The number of benzene rings is 1. The Morgan fingerprint density at radius 1 is 1.27 bits per heavy atom. The lowest BCUT2D eigenvalue weighted by atomic mass is 10.1. The maximum Gasteiger partial charge on any atom is 0.256 e. The van der Waals surface area contributed by atoms with Crippen molar-refractivity contribution in [3.05, 3.63) is 28.2 Å². The first-order valence-corrected chi connectivity index (χ1v) is 8.14. The number of nitrogens with zero attached hydrogens (tertiary/aromatic N) is 2. The van der Waals surface area contributed by atoms with E-state index in [9.17, 15) is 9.59 Å². The highest BCUT2D eigenvalue weighted by atomic mass is 79.9. The minimum absolute atomic E-state index is 0.0273. The molecule has 7 heteroatoms. The Balaban J connectivity index is 1.91. The second-order valence-corrected chi connectivity index (χ2v) is 6.17. The van der Waals surface area contributed by atoms with Crippen molar-refractivity contribution >= 4 is 33.4 Å². The predicted octanol–water partition coefficient (Wildman–Crippen LogP) is 0.925. The average Bonchev–Trinajstić information content (AvgIpc) is 2.47. The minimum atomic E-state index is -0.0531. The van der Waals surface area contributed by atoms with Gasteiger partial charge in [0.25, 0.3) is 5.91 Å². The Labute approximate surface area is 138 Å². The Morgan fingerprint density at radius 2 is 1.95 bits per heavy atom. The zero-order valence-corrected chi connectivity index (χ0v) is 14.2. The lowest BCUT2D eigenvalue weighted by Crippen LogP contribution is -2.51. The number of hydrogen-bond donors (Lipinski definition) is 2. The summed E-state index contributed by atoms with van der Waals surface area (Å²) >= 11 is 3.34. The summed E-state index contributed by atoms with van der Waals surface area (Å²) in [5, 5.41) is 2.78. The monoisotopic (exact) mass is 368 g/mol. The van der Waals surface area contributed by atoms with Crippen LogP contribution in [0.2, 0.25) is 0 Å². The van der Waals surface area contributed by atoms with Crippen LogP contribution in [0, 0.1) is 0 Å². The first kappa shape index (κ1) is 16.8. The fourth-order valence-corrected chi connectivity index (χ4v) is 2.84. The van der Waals surface area contributed by atoms with Crippen LogP contribution in [-0.2, 0) is 4.79 Å². The Morgan fingerprint density at radius 3 is 2.55 bits per heavy atom. The standard InChI is InChI=1S/C15H21BrN4O2/c1-2-18-14(21)10-19-5-7-20(8-6-19)15(22)12-4-3-11(16)9-13(12)17/h3-4,9H,2,5-8,10,17H2,1H3,(H,18,21). The van der Waals surface area contributed by atoms with Crippen LogP contribution in [0.1, 0.15) is 17.3 Å². The Bertz CT molecular complexity index is 556.